The Morgan fingerprint density at radius 2 is 0.692 bits per heavy atom. The molecule has 26 heavy (non-hydrogen) atoms. The van der Waals surface area contributed by atoms with Crippen molar-refractivity contribution < 1.29 is 19.2 Å². The minimum atomic E-state index is -0.212. The van der Waals surface area contributed by atoms with Gasteiger partial charge in [0.15, 0.2) is 0 Å². The summed E-state index contributed by atoms with van der Waals surface area (Å²) in [6, 6.07) is 13.7. The summed E-state index contributed by atoms with van der Waals surface area (Å²) in [6.45, 7) is 0. The summed E-state index contributed by atoms with van der Waals surface area (Å²) in [5, 5.41) is 0. The van der Waals surface area contributed by atoms with Gasteiger partial charge in [-0.3, -0.25) is 29.0 Å². The fraction of sp³-hybridized carbons (Fsp3) is 0.111. The number of fused-ring (bicyclic) bond motifs is 2. The SMILES string of the molecule is CN1C(=O)c2ccccc2C1=O.CN1C(=O)c2ccccc2C1=O.S.S. The molecule has 4 rings (SSSR count). The Morgan fingerprint density at radius 1 is 0.500 bits per heavy atom. The van der Waals surface area contributed by atoms with E-state index in [1.54, 1.807) is 48.5 Å². The lowest BCUT2D eigenvalue weighted by molar-refractivity contribution is 0.0678. The van der Waals surface area contributed by atoms with E-state index in [0.29, 0.717) is 22.3 Å². The first-order valence-corrected chi connectivity index (χ1v) is 7.26. The standard InChI is InChI=1S/2C9H7NO2.2H2S/c2*1-10-8(11)6-4-2-3-5-7(6)9(10)12;;/h2*2-5H,1H3;2*1H2. The van der Waals surface area contributed by atoms with Gasteiger partial charge >= 0.3 is 0 Å². The Hall–Kier alpha value is -2.58. The molecule has 0 aliphatic carbocycles. The Morgan fingerprint density at radius 3 is 0.885 bits per heavy atom. The van der Waals surface area contributed by atoms with Gasteiger partial charge in [0.25, 0.3) is 23.6 Å². The summed E-state index contributed by atoms with van der Waals surface area (Å²) in [4.78, 5) is 47.5. The predicted octanol–water partition coefficient (Wildman–Crippen LogP) is 2.05. The Kier molecular flexibility index (Phi) is 6.77. The van der Waals surface area contributed by atoms with Gasteiger partial charge in [0.2, 0.25) is 0 Å². The highest BCUT2D eigenvalue weighted by molar-refractivity contribution is 7.59. The number of rotatable bonds is 0. The molecule has 2 aliphatic heterocycles. The van der Waals surface area contributed by atoms with Gasteiger partial charge in [-0.2, -0.15) is 27.0 Å². The molecule has 0 spiro atoms. The van der Waals surface area contributed by atoms with Crippen molar-refractivity contribution in [1.29, 1.82) is 0 Å². The van der Waals surface area contributed by atoms with Crippen molar-refractivity contribution >= 4 is 50.6 Å². The maximum Gasteiger partial charge on any atom is 0.261 e. The van der Waals surface area contributed by atoms with E-state index in [4.69, 9.17) is 0 Å². The van der Waals surface area contributed by atoms with E-state index in [9.17, 15) is 19.2 Å². The molecule has 2 aromatic carbocycles. The second-order valence-electron chi connectivity index (χ2n) is 5.43. The van der Waals surface area contributed by atoms with E-state index in [2.05, 4.69) is 0 Å². The van der Waals surface area contributed by atoms with Crippen molar-refractivity contribution in [3.05, 3.63) is 70.8 Å². The molecule has 2 aromatic rings. The average molecular weight is 390 g/mol. The van der Waals surface area contributed by atoms with Gasteiger partial charge in [0, 0.05) is 14.1 Å². The molecule has 0 fully saturated rings. The maximum atomic E-state index is 11.3. The molecule has 2 aliphatic rings. The predicted molar refractivity (Wildman–Crippen MR) is 106 cm³/mol. The van der Waals surface area contributed by atoms with Crippen molar-refractivity contribution in [2.45, 2.75) is 0 Å². The van der Waals surface area contributed by atoms with Crippen LogP contribution in [0, 0.1) is 0 Å². The lowest BCUT2D eigenvalue weighted by Crippen LogP contribution is -2.24. The van der Waals surface area contributed by atoms with Gasteiger partial charge < -0.3 is 0 Å². The van der Waals surface area contributed by atoms with E-state index in [1.165, 1.54) is 14.1 Å². The van der Waals surface area contributed by atoms with Gasteiger partial charge in [-0.15, -0.1) is 0 Å². The highest BCUT2D eigenvalue weighted by atomic mass is 32.1. The topological polar surface area (TPSA) is 74.8 Å². The number of benzene rings is 2. The summed E-state index contributed by atoms with van der Waals surface area (Å²) in [5.74, 6) is -0.850. The lowest BCUT2D eigenvalue weighted by Gasteiger charge is -2.02. The monoisotopic (exact) mass is 390 g/mol. The van der Waals surface area contributed by atoms with Crippen molar-refractivity contribution in [3.8, 4) is 0 Å². The summed E-state index contributed by atoms with van der Waals surface area (Å²) in [5.41, 5.74) is 2.02. The van der Waals surface area contributed by atoms with Crippen LogP contribution in [0.15, 0.2) is 48.5 Å². The fourth-order valence-corrected chi connectivity index (χ4v) is 2.62. The molecule has 8 heteroatoms. The van der Waals surface area contributed by atoms with Crippen LogP contribution in [0.2, 0.25) is 0 Å². The number of carbonyl (C=O) groups is 4. The molecule has 0 unspecified atom stereocenters. The maximum absolute atomic E-state index is 11.3. The number of hydrogen-bond acceptors (Lipinski definition) is 4. The molecule has 0 N–H and O–H groups in total. The van der Waals surface area contributed by atoms with Gasteiger partial charge in [0.1, 0.15) is 0 Å². The average Bonchev–Trinajstić information content (AvgIpc) is 2.98. The van der Waals surface area contributed by atoms with E-state index < -0.39 is 0 Å². The smallest absolute Gasteiger partial charge is 0.261 e. The minimum Gasteiger partial charge on any atom is -0.277 e. The van der Waals surface area contributed by atoms with E-state index in [0.717, 1.165) is 9.80 Å². The largest absolute Gasteiger partial charge is 0.277 e. The molecule has 6 nitrogen and oxygen atoms in total. The second kappa shape index (κ2) is 8.20. The van der Waals surface area contributed by atoms with Crippen molar-refractivity contribution in [2.75, 3.05) is 14.1 Å². The molecule has 4 amide bonds. The van der Waals surface area contributed by atoms with Crippen molar-refractivity contribution in [2.24, 2.45) is 0 Å². The first-order chi connectivity index (χ1) is 11.4. The molecule has 0 bridgehead atoms. The molecule has 0 aromatic heterocycles. The van der Waals surface area contributed by atoms with Crippen LogP contribution in [0.1, 0.15) is 41.4 Å². The number of imide groups is 2. The van der Waals surface area contributed by atoms with Crippen molar-refractivity contribution in [1.82, 2.24) is 9.80 Å². The van der Waals surface area contributed by atoms with Crippen LogP contribution in [-0.4, -0.2) is 47.5 Å². The zero-order valence-electron chi connectivity index (χ0n) is 14.1. The Balaban J connectivity index is 0.000000241. The number of hydrogen-bond donors (Lipinski definition) is 0. The van der Waals surface area contributed by atoms with Gasteiger partial charge in [-0.1, -0.05) is 24.3 Å². The zero-order chi connectivity index (χ0) is 17.4. The highest BCUT2D eigenvalue weighted by Gasteiger charge is 2.32. The van der Waals surface area contributed by atoms with E-state index in [1.807, 2.05) is 0 Å². The van der Waals surface area contributed by atoms with Crippen LogP contribution in [0.25, 0.3) is 0 Å². The van der Waals surface area contributed by atoms with Crippen LogP contribution in [0.5, 0.6) is 0 Å². The first kappa shape index (κ1) is 21.5. The summed E-state index contributed by atoms with van der Waals surface area (Å²) in [6.07, 6.45) is 0. The van der Waals surface area contributed by atoms with Crippen LogP contribution in [-0.2, 0) is 0 Å². The summed E-state index contributed by atoms with van der Waals surface area (Å²) in [7, 11) is 2.98. The minimum absolute atomic E-state index is 0. The van der Waals surface area contributed by atoms with Gasteiger partial charge in [-0.05, 0) is 24.3 Å². The highest BCUT2D eigenvalue weighted by Crippen LogP contribution is 2.21. The summed E-state index contributed by atoms with van der Waals surface area (Å²) < 4.78 is 0. The number of nitrogens with zero attached hydrogens (tertiary/aromatic N) is 2. The van der Waals surface area contributed by atoms with Gasteiger partial charge in [-0.25, -0.2) is 0 Å². The molecule has 0 atom stereocenters. The first-order valence-electron chi connectivity index (χ1n) is 7.26. The Bertz CT molecular complexity index is 755. The fourth-order valence-electron chi connectivity index (χ4n) is 2.62. The Labute approximate surface area is 164 Å². The van der Waals surface area contributed by atoms with E-state index >= 15 is 0 Å². The third-order valence-corrected chi connectivity index (χ3v) is 3.99. The van der Waals surface area contributed by atoms with Crippen LogP contribution >= 0.6 is 27.0 Å². The quantitative estimate of drug-likeness (QED) is 0.645. The van der Waals surface area contributed by atoms with Crippen molar-refractivity contribution in [3.63, 3.8) is 0 Å². The molecule has 0 saturated carbocycles. The lowest BCUT2D eigenvalue weighted by atomic mass is 10.1. The molecule has 136 valence electrons. The molecular formula is C18H18N2O4S2. The second-order valence-corrected chi connectivity index (χ2v) is 5.43. The van der Waals surface area contributed by atoms with Crippen LogP contribution in [0.4, 0.5) is 0 Å². The number of carbonyl (C=O) groups excluding carboxylic acids is 4. The van der Waals surface area contributed by atoms with Gasteiger partial charge in [0.05, 0.1) is 22.3 Å². The zero-order valence-corrected chi connectivity index (χ0v) is 16.1. The van der Waals surface area contributed by atoms with Crippen LogP contribution in [0.3, 0.4) is 0 Å². The van der Waals surface area contributed by atoms with E-state index in [-0.39, 0.29) is 50.6 Å². The molecular weight excluding hydrogens is 372 g/mol. The third kappa shape index (κ3) is 3.38. The summed E-state index contributed by atoms with van der Waals surface area (Å²) >= 11 is 0. The molecule has 0 radical (unpaired) electrons. The third-order valence-electron chi connectivity index (χ3n) is 3.99. The molecule has 2 heterocycles. The van der Waals surface area contributed by atoms with Crippen LogP contribution < -0.4 is 0 Å². The molecule has 0 saturated heterocycles. The number of amides is 4. The normalized spacial score (nSPS) is 14.1.